The molecule has 1 aromatic heterocycles. The molecule has 0 fully saturated rings. The smallest absolute Gasteiger partial charge is 0.226 e. The van der Waals surface area contributed by atoms with E-state index < -0.39 is 0 Å². The summed E-state index contributed by atoms with van der Waals surface area (Å²) in [5, 5.41) is 16.1. The van der Waals surface area contributed by atoms with Crippen LogP contribution in [0, 0.1) is 6.92 Å². The Morgan fingerprint density at radius 3 is 3.10 bits per heavy atom. The van der Waals surface area contributed by atoms with Crippen LogP contribution in [0.15, 0.2) is 22.7 Å². The van der Waals surface area contributed by atoms with E-state index in [4.69, 9.17) is 14.4 Å². The van der Waals surface area contributed by atoms with E-state index in [2.05, 4.69) is 10.5 Å². The van der Waals surface area contributed by atoms with Crippen molar-refractivity contribution in [2.45, 2.75) is 13.3 Å². The molecule has 0 saturated heterocycles. The normalized spacial score (nSPS) is 10.9. The summed E-state index contributed by atoms with van der Waals surface area (Å²) in [6.07, 6.45) is 0.177. The molecule has 2 aromatic rings. The zero-order valence-corrected chi connectivity index (χ0v) is 11.4. The largest absolute Gasteiger partial charge is 0.394 e. The average Bonchev–Trinajstić information content (AvgIpc) is 2.81. The van der Waals surface area contributed by atoms with E-state index in [1.165, 1.54) is 0 Å². The number of fused-ring (bicyclic) bond motifs is 1. The Morgan fingerprint density at radius 1 is 1.45 bits per heavy atom. The van der Waals surface area contributed by atoms with E-state index in [0.29, 0.717) is 24.4 Å². The Balaban J connectivity index is 1.88. The summed E-state index contributed by atoms with van der Waals surface area (Å²) in [5.74, 6) is -0.130. The summed E-state index contributed by atoms with van der Waals surface area (Å²) >= 11 is 0. The maximum Gasteiger partial charge on any atom is 0.226 e. The number of ether oxygens (including phenoxy) is 1. The Bertz CT molecular complexity index is 580. The van der Waals surface area contributed by atoms with Crippen molar-refractivity contribution in [1.82, 2.24) is 10.5 Å². The summed E-state index contributed by atoms with van der Waals surface area (Å²) in [5.41, 5.74) is 2.42. The molecule has 0 saturated carbocycles. The number of amides is 1. The monoisotopic (exact) mass is 278 g/mol. The van der Waals surface area contributed by atoms with Gasteiger partial charge in [-0.25, -0.2) is 0 Å². The molecule has 0 unspecified atom stereocenters. The molecule has 2 N–H and O–H groups in total. The van der Waals surface area contributed by atoms with Gasteiger partial charge < -0.3 is 19.7 Å². The molecule has 1 aromatic carbocycles. The number of nitrogens with one attached hydrogen (secondary N) is 1. The molecule has 20 heavy (non-hydrogen) atoms. The number of hydrogen-bond donors (Lipinski definition) is 2. The first-order valence-corrected chi connectivity index (χ1v) is 6.51. The van der Waals surface area contributed by atoms with Gasteiger partial charge in [-0.15, -0.1) is 0 Å². The number of carbonyl (C=O) groups excluding carboxylic acids is 1. The minimum absolute atomic E-state index is 0.0156. The van der Waals surface area contributed by atoms with Gasteiger partial charge in [0.05, 0.1) is 26.2 Å². The van der Waals surface area contributed by atoms with E-state index >= 15 is 0 Å². The lowest BCUT2D eigenvalue weighted by molar-refractivity contribution is -0.120. The van der Waals surface area contributed by atoms with Crippen molar-refractivity contribution in [3.63, 3.8) is 0 Å². The quantitative estimate of drug-likeness (QED) is 0.732. The fraction of sp³-hybridized carbons (Fsp3) is 0.429. The van der Waals surface area contributed by atoms with Crippen molar-refractivity contribution in [2.24, 2.45) is 0 Å². The fourth-order valence-electron chi connectivity index (χ4n) is 1.87. The molecule has 0 bridgehead atoms. The highest BCUT2D eigenvalue weighted by atomic mass is 16.5. The molecule has 0 spiro atoms. The molecule has 0 atom stereocenters. The SMILES string of the molecule is Cc1ccc2onc(CC(=O)NCCOCCO)c2c1. The number of nitrogens with zero attached hydrogens (tertiary/aromatic N) is 1. The maximum atomic E-state index is 11.8. The molecule has 0 radical (unpaired) electrons. The number of aliphatic hydroxyl groups excluding tert-OH is 1. The van der Waals surface area contributed by atoms with Gasteiger partial charge in [-0.3, -0.25) is 4.79 Å². The first kappa shape index (κ1) is 14.5. The van der Waals surface area contributed by atoms with Crippen LogP contribution in [0.3, 0.4) is 0 Å². The molecule has 108 valence electrons. The highest BCUT2D eigenvalue weighted by molar-refractivity contribution is 5.86. The first-order valence-electron chi connectivity index (χ1n) is 6.51. The second-order valence-electron chi connectivity index (χ2n) is 4.49. The summed E-state index contributed by atoms with van der Waals surface area (Å²) in [6, 6.07) is 5.75. The van der Waals surface area contributed by atoms with Crippen LogP contribution in [-0.2, 0) is 16.0 Å². The zero-order chi connectivity index (χ0) is 14.4. The van der Waals surface area contributed by atoms with Crippen LogP contribution < -0.4 is 5.32 Å². The van der Waals surface area contributed by atoms with Crippen LogP contribution in [0.5, 0.6) is 0 Å². The molecule has 2 rings (SSSR count). The Labute approximate surface area is 116 Å². The highest BCUT2D eigenvalue weighted by Gasteiger charge is 2.12. The molecular formula is C14H18N2O4. The number of aryl methyl sites for hydroxylation is 1. The number of aromatic nitrogens is 1. The van der Waals surface area contributed by atoms with Gasteiger partial charge >= 0.3 is 0 Å². The number of aliphatic hydroxyl groups is 1. The summed E-state index contributed by atoms with van der Waals surface area (Å²) < 4.78 is 10.2. The molecule has 6 nitrogen and oxygen atoms in total. The molecule has 0 aliphatic heterocycles. The lowest BCUT2D eigenvalue weighted by Crippen LogP contribution is -2.29. The molecule has 6 heteroatoms. The predicted octanol–water partition coefficient (Wildman–Crippen LogP) is 0.804. The van der Waals surface area contributed by atoms with Gasteiger partial charge in [0.2, 0.25) is 5.91 Å². The third kappa shape index (κ3) is 3.79. The second-order valence-corrected chi connectivity index (χ2v) is 4.49. The fourth-order valence-corrected chi connectivity index (χ4v) is 1.87. The highest BCUT2D eigenvalue weighted by Crippen LogP contribution is 2.20. The van der Waals surface area contributed by atoms with Crippen LogP contribution in [0.1, 0.15) is 11.3 Å². The molecule has 0 aliphatic carbocycles. The zero-order valence-electron chi connectivity index (χ0n) is 11.4. The number of benzene rings is 1. The van der Waals surface area contributed by atoms with E-state index in [1.54, 1.807) is 0 Å². The van der Waals surface area contributed by atoms with E-state index in [9.17, 15) is 4.79 Å². The van der Waals surface area contributed by atoms with Crippen molar-refractivity contribution < 1.29 is 19.2 Å². The van der Waals surface area contributed by atoms with Crippen LogP contribution in [0.2, 0.25) is 0 Å². The van der Waals surface area contributed by atoms with Gasteiger partial charge in [-0.2, -0.15) is 0 Å². The summed E-state index contributed by atoms with van der Waals surface area (Å²) in [7, 11) is 0. The van der Waals surface area contributed by atoms with Gasteiger partial charge in [0.1, 0.15) is 5.69 Å². The molecule has 0 aliphatic rings. The third-order valence-corrected chi connectivity index (χ3v) is 2.83. The van der Waals surface area contributed by atoms with Crippen LogP contribution in [0.25, 0.3) is 11.0 Å². The van der Waals surface area contributed by atoms with Gasteiger partial charge in [-0.05, 0) is 19.1 Å². The topological polar surface area (TPSA) is 84.6 Å². The van der Waals surface area contributed by atoms with Crippen LogP contribution in [0.4, 0.5) is 0 Å². The Hall–Kier alpha value is -1.92. The van der Waals surface area contributed by atoms with Gasteiger partial charge in [0.15, 0.2) is 5.58 Å². The second kappa shape index (κ2) is 7.02. The average molecular weight is 278 g/mol. The van der Waals surface area contributed by atoms with Crippen LogP contribution in [-0.4, -0.2) is 42.5 Å². The Morgan fingerprint density at radius 2 is 2.30 bits per heavy atom. The van der Waals surface area contributed by atoms with Crippen LogP contribution >= 0.6 is 0 Å². The minimum atomic E-state index is -0.130. The molecule has 1 heterocycles. The minimum Gasteiger partial charge on any atom is -0.394 e. The van der Waals surface area contributed by atoms with E-state index in [-0.39, 0.29) is 25.5 Å². The third-order valence-electron chi connectivity index (χ3n) is 2.83. The maximum absolute atomic E-state index is 11.8. The van der Waals surface area contributed by atoms with Crippen molar-refractivity contribution in [2.75, 3.05) is 26.4 Å². The van der Waals surface area contributed by atoms with E-state index in [1.807, 2.05) is 25.1 Å². The van der Waals surface area contributed by atoms with Gasteiger partial charge in [0, 0.05) is 11.9 Å². The Kier molecular flexibility index (Phi) is 5.09. The molecule has 1 amide bonds. The van der Waals surface area contributed by atoms with E-state index in [0.717, 1.165) is 10.9 Å². The number of rotatable bonds is 7. The standard InChI is InChI=1S/C14H18N2O4/c1-10-2-3-13-11(8-10)12(16-20-13)9-14(18)15-4-6-19-7-5-17/h2-3,8,17H,4-7,9H2,1H3,(H,15,18). The summed E-state index contributed by atoms with van der Waals surface area (Å²) in [4.78, 5) is 11.8. The first-order chi connectivity index (χ1) is 9.70. The van der Waals surface area contributed by atoms with Gasteiger partial charge in [-0.1, -0.05) is 16.8 Å². The lowest BCUT2D eigenvalue weighted by atomic mass is 10.1. The van der Waals surface area contributed by atoms with Crippen molar-refractivity contribution in [3.05, 3.63) is 29.5 Å². The molecular weight excluding hydrogens is 260 g/mol. The van der Waals surface area contributed by atoms with Crippen molar-refractivity contribution in [1.29, 1.82) is 0 Å². The summed E-state index contributed by atoms with van der Waals surface area (Å²) in [6.45, 7) is 3.04. The van der Waals surface area contributed by atoms with Crippen molar-refractivity contribution >= 4 is 16.9 Å². The lowest BCUT2D eigenvalue weighted by Gasteiger charge is -2.04. The predicted molar refractivity (Wildman–Crippen MR) is 73.4 cm³/mol. The number of carbonyl (C=O) groups is 1. The van der Waals surface area contributed by atoms with Crippen molar-refractivity contribution in [3.8, 4) is 0 Å². The number of hydrogen-bond acceptors (Lipinski definition) is 5. The van der Waals surface area contributed by atoms with Gasteiger partial charge in [0.25, 0.3) is 0 Å².